The Morgan fingerprint density at radius 2 is 1.93 bits per heavy atom. The summed E-state index contributed by atoms with van der Waals surface area (Å²) in [5.74, 6) is -1.90. The number of halogens is 3. The number of carbonyl (C=O) groups is 1. The Morgan fingerprint density at radius 3 is 2.50 bits per heavy atom. The van der Waals surface area contributed by atoms with Crippen LogP contribution in [0, 0.1) is 12.8 Å². The molecule has 1 aromatic carbocycles. The van der Waals surface area contributed by atoms with Crippen LogP contribution in [0.5, 0.6) is 0 Å². The fourth-order valence-electron chi connectivity index (χ4n) is 3.70. The Labute approximate surface area is 176 Å². The van der Waals surface area contributed by atoms with Crippen LogP contribution in [0.15, 0.2) is 23.1 Å². The SMILES string of the molecule is CCN(CC)S(=O)(=O)c1cc(NC(=O)[C@H](C)N2CCC[C@@H](C(F)(F)F)C2)ccc1C. The largest absolute Gasteiger partial charge is 0.393 e. The second kappa shape index (κ2) is 9.65. The zero-order valence-corrected chi connectivity index (χ0v) is 18.6. The molecule has 1 fully saturated rings. The summed E-state index contributed by atoms with van der Waals surface area (Å²) in [5, 5.41) is 2.66. The van der Waals surface area contributed by atoms with Crippen molar-refractivity contribution in [1.82, 2.24) is 9.21 Å². The molecule has 30 heavy (non-hydrogen) atoms. The zero-order valence-electron chi connectivity index (χ0n) is 17.8. The number of hydrogen-bond donors (Lipinski definition) is 1. The molecule has 6 nitrogen and oxygen atoms in total. The molecule has 0 aliphatic carbocycles. The lowest BCUT2D eigenvalue weighted by atomic mass is 9.96. The van der Waals surface area contributed by atoms with Crippen LogP contribution < -0.4 is 5.32 Å². The van der Waals surface area contributed by atoms with E-state index in [2.05, 4.69) is 5.32 Å². The molecule has 2 atom stereocenters. The van der Waals surface area contributed by atoms with Gasteiger partial charge in [0.25, 0.3) is 0 Å². The van der Waals surface area contributed by atoms with E-state index in [1.165, 1.54) is 15.3 Å². The molecule has 10 heteroatoms. The molecule has 1 aromatic rings. The first-order valence-corrected chi connectivity index (χ1v) is 11.6. The number of nitrogens with one attached hydrogen (secondary N) is 1. The van der Waals surface area contributed by atoms with Crippen molar-refractivity contribution in [3.05, 3.63) is 23.8 Å². The van der Waals surface area contributed by atoms with Gasteiger partial charge in [-0.1, -0.05) is 19.9 Å². The molecule has 0 aromatic heterocycles. The molecular formula is C20H30F3N3O3S. The van der Waals surface area contributed by atoms with Crippen LogP contribution in [0.4, 0.5) is 18.9 Å². The lowest BCUT2D eigenvalue weighted by Crippen LogP contribution is -2.49. The number of amides is 1. The van der Waals surface area contributed by atoms with Crippen LogP contribution >= 0.6 is 0 Å². The van der Waals surface area contributed by atoms with Crippen LogP contribution in [0.1, 0.15) is 39.2 Å². The quantitative estimate of drug-likeness (QED) is 0.690. The van der Waals surface area contributed by atoms with Crippen molar-refractivity contribution >= 4 is 21.6 Å². The molecule has 170 valence electrons. The number of rotatable bonds is 7. The topological polar surface area (TPSA) is 69.7 Å². The van der Waals surface area contributed by atoms with E-state index < -0.39 is 34.1 Å². The first-order valence-electron chi connectivity index (χ1n) is 10.1. The Bertz CT molecular complexity index is 855. The van der Waals surface area contributed by atoms with Gasteiger partial charge in [0.05, 0.1) is 16.9 Å². The van der Waals surface area contributed by atoms with Crippen molar-refractivity contribution in [2.45, 2.75) is 57.7 Å². The number of anilines is 1. The van der Waals surface area contributed by atoms with Gasteiger partial charge in [0.15, 0.2) is 0 Å². The van der Waals surface area contributed by atoms with Crippen LogP contribution in [0.25, 0.3) is 0 Å². The van der Waals surface area contributed by atoms with Crippen LogP contribution in [-0.4, -0.2) is 61.9 Å². The maximum Gasteiger partial charge on any atom is 0.393 e. The number of likely N-dealkylation sites (tertiary alicyclic amines) is 1. The van der Waals surface area contributed by atoms with Gasteiger partial charge in [-0.2, -0.15) is 17.5 Å². The molecule has 2 rings (SSSR count). The van der Waals surface area contributed by atoms with Gasteiger partial charge in [0.1, 0.15) is 0 Å². The normalized spacial score (nSPS) is 19.7. The van der Waals surface area contributed by atoms with E-state index in [1.54, 1.807) is 39.8 Å². The average molecular weight is 450 g/mol. The molecule has 1 saturated heterocycles. The minimum absolute atomic E-state index is 0.0683. The Morgan fingerprint density at radius 1 is 1.30 bits per heavy atom. The maximum atomic E-state index is 13.1. The van der Waals surface area contributed by atoms with Crippen LogP contribution in [0.2, 0.25) is 0 Å². The number of sulfonamides is 1. The summed E-state index contributed by atoms with van der Waals surface area (Å²) in [4.78, 5) is 14.3. The highest BCUT2D eigenvalue weighted by atomic mass is 32.2. The number of piperidine rings is 1. The third kappa shape index (κ3) is 5.53. The number of aryl methyl sites for hydroxylation is 1. The third-order valence-electron chi connectivity index (χ3n) is 5.62. The van der Waals surface area contributed by atoms with E-state index in [0.717, 1.165) is 0 Å². The predicted molar refractivity (Wildman–Crippen MR) is 110 cm³/mol. The Balaban J connectivity index is 2.17. The van der Waals surface area contributed by atoms with E-state index >= 15 is 0 Å². The second-order valence-electron chi connectivity index (χ2n) is 7.61. The summed E-state index contributed by atoms with van der Waals surface area (Å²) in [6.07, 6.45) is -3.84. The summed E-state index contributed by atoms with van der Waals surface area (Å²) in [6, 6.07) is 3.84. The molecular weight excluding hydrogens is 419 g/mol. The van der Waals surface area contributed by atoms with E-state index in [9.17, 15) is 26.4 Å². The van der Waals surface area contributed by atoms with Gasteiger partial charge in [-0.15, -0.1) is 0 Å². The maximum absolute atomic E-state index is 13.1. The molecule has 0 unspecified atom stereocenters. The van der Waals surface area contributed by atoms with E-state index in [0.29, 0.717) is 37.3 Å². The number of benzene rings is 1. The third-order valence-corrected chi connectivity index (χ3v) is 7.81. The van der Waals surface area contributed by atoms with Gasteiger partial charge < -0.3 is 5.32 Å². The van der Waals surface area contributed by atoms with E-state index in [1.807, 2.05) is 0 Å². The molecule has 0 bridgehead atoms. The molecule has 1 heterocycles. The van der Waals surface area contributed by atoms with Crippen LogP contribution in [0.3, 0.4) is 0 Å². The molecule has 1 N–H and O–H groups in total. The average Bonchev–Trinajstić information content (AvgIpc) is 2.68. The second-order valence-corrected chi connectivity index (χ2v) is 9.52. The summed E-state index contributed by atoms with van der Waals surface area (Å²) in [6.45, 7) is 7.57. The van der Waals surface area contributed by atoms with Gasteiger partial charge in [-0.3, -0.25) is 9.69 Å². The Hall–Kier alpha value is -1.65. The van der Waals surface area contributed by atoms with Crippen molar-refractivity contribution in [2.75, 3.05) is 31.5 Å². The minimum atomic E-state index is -4.28. The van der Waals surface area contributed by atoms with E-state index in [-0.39, 0.29) is 17.9 Å². The summed E-state index contributed by atoms with van der Waals surface area (Å²) in [7, 11) is -3.71. The number of carbonyl (C=O) groups excluding carboxylic acids is 1. The first kappa shape index (κ1) is 24.6. The standard InChI is InChI=1S/C20H30F3N3O3S/c1-5-26(6-2)30(28,29)18-12-17(10-9-14(18)3)24-19(27)15(4)25-11-7-8-16(13-25)20(21,22)23/h9-10,12,15-16H,5-8,11,13H2,1-4H3,(H,24,27)/t15-,16+/m0/s1. The van der Waals surface area contributed by atoms with Crippen molar-refractivity contribution in [3.63, 3.8) is 0 Å². The van der Waals surface area contributed by atoms with Crippen LogP contribution in [-0.2, 0) is 14.8 Å². The van der Waals surface area contributed by atoms with Crippen molar-refractivity contribution in [1.29, 1.82) is 0 Å². The lowest BCUT2D eigenvalue weighted by molar-refractivity contribution is -0.188. The highest BCUT2D eigenvalue weighted by Crippen LogP contribution is 2.34. The molecule has 0 spiro atoms. The lowest BCUT2D eigenvalue weighted by Gasteiger charge is -2.36. The van der Waals surface area contributed by atoms with Crippen molar-refractivity contribution < 1.29 is 26.4 Å². The van der Waals surface area contributed by atoms with Crippen molar-refractivity contribution in [3.8, 4) is 0 Å². The summed E-state index contributed by atoms with van der Waals surface area (Å²) >= 11 is 0. The summed E-state index contributed by atoms with van der Waals surface area (Å²) in [5.41, 5.74) is 0.851. The van der Waals surface area contributed by atoms with Gasteiger partial charge in [0.2, 0.25) is 15.9 Å². The first-order chi connectivity index (χ1) is 13.9. The fourth-order valence-corrected chi connectivity index (χ4v) is 5.41. The molecule has 1 aliphatic rings. The molecule has 1 aliphatic heterocycles. The molecule has 1 amide bonds. The minimum Gasteiger partial charge on any atom is -0.325 e. The zero-order chi connectivity index (χ0) is 22.7. The smallest absolute Gasteiger partial charge is 0.325 e. The Kier molecular flexibility index (Phi) is 7.92. The monoisotopic (exact) mass is 449 g/mol. The predicted octanol–water partition coefficient (Wildman–Crippen LogP) is 3.63. The number of nitrogens with zero attached hydrogens (tertiary/aromatic N) is 2. The number of alkyl halides is 3. The van der Waals surface area contributed by atoms with Gasteiger partial charge in [-0.05, 0) is 50.9 Å². The van der Waals surface area contributed by atoms with Gasteiger partial charge in [-0.25, -0.2) is 8.42 Å². The fraction of sp³-hybridized carbons (Fsp3) is 0.650. The van der Waals surface area contributed by atoms with Gasteiger partial charge in [0, 0.05) is 25.3 Å². The van der Waals surface area contributed by atoms with Crippen molar-refractivity contribution in [2.24, 2.45) is 5.92 Å². The highest BCUT2D eigenvalue weighted by Gasteiger charge is 2.43. The molecule has 0 saturated carbocycles. The molecule has 0 radical (unpaired) electrons. The van der Waals surface area contributed by atoms with Gasteiger partial charge >= 0.3 is 6.18 Å². The number of hydrogen-bond acceptors (Lipinski definition) is 4. The summed E-state index contributed by atoms with van der Waals surface area (Å²) < 4.78 is 66.2. The highest BCUT2D eigenvalue weighted by molar-refractivity contribution is 7.89. The van der Waals surface area contributed by atoms with E-state index in [4.69, 9.17) is 0 Å².